The van der Waals surface area contributed by atoms with Crippen molar-refractivity contribution in [2.45, 2.75) is 50.9 Å². The first-order valence-electron chi connectivity index (χ1n) is 7.87. The fourth-order valence-corrected chi connectivity index (χ4v) is 3.90. The Morgan fingerprint density at radius 3 is 2.45 bits per heavy atom. The van der Waals surface area contributed by atoms with Crippen molar-refractivity contribution in [1.29, 1.82) is 0 Å². The van der Waals surface area contributed by atoms with E-state index in [9.17, 15) is 0 Å². The molecule has 0 spiro atoms. The molecule has 20 heavy (non-hydrogen) atoms. The van der Waals surface area contributed by atoms with E-state index in [1.165, 1.54) is 24.0 Å². The number of hydrogen-bond acceptors (Lipinski definition) is 3. The number of benzene rings is 1. The summed E-state index contributed by atoms with van der Waals surface area (Å²) in [6.07, 6.45) is 2.37. The average molecular weight is 273 g/mol. The molecule has 0 aromatic heterocycles. The molecule has 0 radical (unpaired) electrons. The Morgan fingerprint density at radius 2 is 1.75 bits per heavy atom. The lowest BCUT2D eigenvalue weighted by molar-refractivity contribution is 0.0218. The third-order valence-electron chi connectivity index (χ3n) is 5.40. The second kappa shape index (κ2) is 5.47. The van der Waals surface area contributed by atoms with Gasteiger partial charge in [-0.3, -0.25) is 9.80 Å². The number of aryl methyl sites for hydroxylation is 1. The summed E-state index contributed by atoms with van der Waals surface area (Å²) in [5.41, 5.74) is 9.41. The minimum Gasteiger partial charge on any atom is -0.323 e. The summed E-state index contributed by atoms with van der Waals surface area (Å²) in [5.74, 6) is 0. The summed E-state index contributed by atoms with van der Waals surface area (Å²) in [6, 6.07) is 10.6. The third kappa shape index (κ3) is 2.39. The zero-order valence-electron chi connectivity index (χ0n) is 12.9. The molecule has 4 atom stereocenters. The molecule has 3 rings (SSSR count). The SMILES string of the molecule is CC1CN(C2CCc3ccccc3C2N)CC(C)N1C. The van der Waals surface area contributed by atoms with Crippen LogP contribution >= 0.6 is 0 Å². The Balaban J connectivity index is 1.79. The van der Waals surface area contributed by atoms with Gasteiger partial charge < -0.3 is 5.73 Å². The van der Waals surface area contributed by atoms with Crippen molar-refractivity contribution in [3.05, 3.63) is 35.4 Å². The molecule has 1 aromatic rings. The fraction of sp³-hybridized carbons (Fsp3) is 0.647. The van der Waals surface area contributed by atoms with Crippen LogP contribution in [0.5, 0.6) is 0 Å². The number of rotatable bonds is 1. The molecule has 4 unspecified atom stereocenters. The van der Waals surface area contributed by atoms with Crippen LogP contribution in [0.3, 0.4) is 0 Å². The van der Waals surface area contributed by atoms with Crippen LogP contribution in [0.2, 0.25) is 0 Å². The molecular weight excluding hydrogens is 246 g/mol. The van der Waals surface area contributed by atoms with Gasteiger partial charge in [-0.25, -0.2) is 0 Å². The van der Waals surface area contributed by atoms with Crippen LogP contribution in [-0.4, -0.2) is 48.1 Å². The van der Waals surface area contributed by atoms with Gasteiger partial charge in [0.1, 0.15) is 0 Å². The van der Waals surface area contributed by atoms with Crippen LogP contribution in [0.4, 0.5) is 0 Å². The maximum atomic E-state index is 6.59. The van der Waals surface area contributed by atoms with E-state index in [1.54, 1.807) is 0 Å². The van der Waals surface area contributed by atoms with E-state index in [-0.39, 0.29) is 6.04 Å². The van der Waals surface area contributed by atoms with Gasteiger partial charge in [-0.05, 0) is 44.9 Å². The summed E-state index contributed by atoms with van der Waals surface area (Å²) in [4.78, 5) is 5.12. The zero-order chi connectivity index (χ0) is 14.3. The molecule has 3 heteroatoms. The molecule has 2 N–H and O–H groups in total. The Hall–Kier alpha value is -0.900. The van der Waals surface area contributed by atoms with Crippen molar-refractivity contribution in [1.82, 2.24) is 9.80 Å². The molecule has 2 aliphatic rings. The van der Waals surface area contributed by atoms with E-state index >= 15 is 0 Å². The van der Waals surface area contributed by atoms with E-state index in [1.807, 2.05) is 0 Å². The van der Waals surface area contributed by atoms with Crippen molar-refractivity contribution >= 4 is 0 Å². The quantitative estimate of drug-likeness (QED) is 0.850. The first kappa shape index (κ1) is 14.1. The van der Waals surface area contributed by atoms with Gasteiger partial charge in [-0.15, -0.1) is 0 Å². The van der Waals surface area contributed by atoms with Crippen molar-refractivity contribution < 1.29 is 0 Å². The third-order valence-corrected chi connectivity index (χ3v) is 5.40. The van der Waals surface area contributed by atoms with Crippen LogP contribution in [0.1, 0.15) is 37.4 Å². The highest BCUT2D eigenvalue weighted by molar-refractivity contribution is 5.33. The molecule has 1 aliphatic carbocycles. The van der Waals surface area contributed by atoms with Crippen molar-refractivity contribution in [3.63, 3.8) is 0 Å². The van der Waals surface area contributed by atoms with Crippen LogP contribution in [-0.2, 0) is 6.42 Å². The molecule has 3 nitrogen and oxygen atoms in total. The molecule has 1 heterocycles. The van der Waals surface area contributed by atoms with E-state index in [2.05, 4.69) is 55.0 Å². The number of likely N-dealkylation sites (N-methyl/N-ethyl adjacent to an activating group) is 1. The topological polar surface area (TPSA) is 32.5 Å². The van der Waals surface area contributed by atoms with Gasteiger partial charge in [0.2, 0.25) is 0 Å². The highest BCUT2D eigenvalue weighted by atomic mass is 15.3. The number of nitrogens with two attached hydrogens (primary N) is 1. The lowest BCUT2D eigenvalue weighted by Gasteiger charge is -2.48. The van der Waals surface area contributed by atoms with Gasteiger partial charge in [0, 0.05) is 37.3 Å². The molecule has 1 saturated heterocycles. The minimum absolute atomic E-state index is 0.169. The second-order valence-corrected chi connectivity index (χ2v) is 6.65. The number of hydrogen-bond donors (Lipinski definition) is 1. The van der Waals surface area contributed by atoms with Crippen molar-refractivity contribution in [3.8, 4) is 0 Å². The summed E-state index contributed by atoms with van der Waals surface area (Å²) in [6.45, 7) is 6.93. The average Bonchev–Trinajstić information content (AvgIpc) is 2.45. The molecule has 110 valence electrons. The monoisotopic (exact) mass is 273 g/mol. The van der Waals surface area contributed by atoms with Gasteiger partial charge in [0.05, 0.1) is 0 Å². The first-order chi connectivity index (χ1) is 9.58. The molecular formula is C17H27N3. The molecule has 0 saturated carbocycles. The van der Waals surface area contributed by atoms with Gasteiger partial charge in [-0.1, -0.05) is 24.3 Å². The molecule has 1 fully saturated rings. The Morgan fingerprint density at radius 1 is 1.10 bits per heavy atom. The van der Waals surface area contributed by atoms with E-state index in [4.69, 9.17) is 5.73 Å². The van der Waals surface area contributed by atoms with Crippen molar-refractivity contribution in [2.24, 2.45) is 5.73 Å². The predicted molar refractivity (Wildman–Crippen MR) is 83.7 cm³/mol. The highest BCUT2D eigenvalue weighted by Crippen LogP contribution is 2.32. The Bertz CT molecular complexity index is 461. The van der Waals surface area contributed by atoms with Gasteiger partial charge >= 0.3 is 0 Å². The summed E-state index contributed by atoms with van der Waals surface area (Å²) < 4.78 is 0. The Kier molecular flexibility index (Phi) is 3.85. The first-order valence-corrected chi connectivity index (χ1v) is 7.87. The van der Waals surface area contributed by atoms with Crippen molar-refractivity contribution in [2.75, 3.05) is 20.1 Å². The van der Waals surface area contributed by atoms with Gasteiger partial charge in [-0.2, -0.15) is 0 Å². The lowest BCUT2D eigenvalue weighted by atomic mass is 9.83. The summed E-state index contributed by atoms with van der Waals surface area (Å²) in [5, 5.41) is 0. The largest absolute Gasteiger partial charge is 0.323 e. The number of piperazine rings is 1. The van der Waals surface area contributed by atoms with Crippen LogP contribution < -0.4 is 5.73 Å². The predicted octanol–water partition coefficient (Wildman–Crippen LogP) is 2.03. The lowest BCUT2D eigenvalue weighted by Crippen LogP contribution is -2.59. The minimum atomic E-state index is 0.169. The van der Waals surface area contributed by atoms with Crippen LogP contribution in [0.25, 0.3) is 0 Å². The second-order valence-electron chi connectivity index (χ2n) is 6.65. The van der Waals surface area contributed by atoms with E-state index in [0.717, 1.165) is 13.1 Å². The number of nitrogens with zero attached hydrogens (tertiary/aromatic N) is 2. The van der Waals surface area contributed by atoms with E-state index < -0.39 is 0 Å². The molecule has 0 bridgehead atoms. The van der Waals surface area contributed by atoms with Crippen LogP contribution in [0, 0.1) is 0 Å². The maximum Gasteiger partial charge on any atom is 0.0455 e. The Labute approximate surface area is 122 Å². The molecule has 0 amide bonds. The maximum absolute atomic E-state index is 6.59. The standard InChI is InChI=1S/C17H27N3/c1-12-10-20(11-13(2)19(12)3)16-9-8-14-6-4-5-7-15(14)17(16)18/h4-7,12-13,16-17H,8-11,18H2,1-3H3. The van der Waals surface area contributed by atoms with Crippen LogP contribution in [0.15, 0.2) is 24.3 Å². The number of fused-ring (bicyclic) bond motifs is 1. The highest BCUT2D eigenvalue weighted by Gasteiger charge is 2.36. The zero-order valence-corrected chi connectivity index (χ0v) is 12.9. The fourth-order valence-electron chi connectivity index (χ4n) is 3.90. The molecule has 1 aliphatic heterocycles. The van der Waals surface area contributed by atoms with E-state index in [0.29, 0.717) is 18.1 Å². The smallest absolute Gasteiger partial charge is 0.0455 e. The normalized spacial score (nSPS) is 35.8. The summed E-state index contributed by atoms with van der Waals surface area (Å²) in [7, 11) is 2.24. The van der Waals surface area contributed by atoms with Gasteiger partial charge in [0.15, 0.2) is 0 Å². The van der Waals surface area contributed by atoms with Gasteiger partial charge in [0.25, 0.3) is 0 Å². The summed E-state index contributed by atoms with van der Waals surface area (Å²) >= 11 is 0. The molecule has 1 aromatic carbocycles.